The summed E-state index contributed by atoms with van der Waals surface area (Å²) >= 11 is 1.85. The minimum atomic E-state index is 0.295. The molecule has 0 atom stereocenters. The van der Waals surface area contributed by atoms with Crippen molar-refractivity contribution in [3.8, 4) is 0 Å². The third-order valence-corrected chi connectivity index (χ3v) is 5.03. The lowest BCUT2D eigenvalue weighted by molar-refractivity contribution is 0.102. The molecule has 2 rings (SSSR count). The fourth-order valence-electron chi connectivity index (χ4n) is 2.38. The summed E-state index contributed by atoms with van der Waals surface area (Å²) in [6, 6.07) is 6.01. The van der Waals surface area contributed by atoms with Crippen molar-refractivity contribution in [3.05, 3.63) is 34.9 Å². The van der Waals surface area contributed by atoms with Gasteiger partial charge < -0.3 is 0 Å². The predicted octanol–water partition coefficient (Wildman–Crippen LogP) is 4.16. The maximum atomic E-state index is 12.2. The highest BCUT2D eigenvalue weighted by molar-refractivity contribution is 8.00. The number of aryl methyl sites for hydroxylation is 1. The zero-order chi connectivity index (χ0) is 12.3. The number of hydrogen-bond acceptors (Lipinski definition) is 2. The van der Waals surface area contributed by atoms with Crippen LogP contribution in [0.1, 0.15) is 47.2 Å². The van der Waals surface area contributed by atoms with E-state index >= 15 is 0 Å². The smallest absolute Gasteiger partial charge is 0.173 e. The Labute approximate surface area is 108 Å². The highest BCUT2D eigenvalue weighted by atomic mass is 32.2. The summed E-state index contributed by atoms with van der Waals surface area (Å²) in [5.41, 5.74) is 3.27. The molecule has 17 heavy (non-hydrogen) atoms. The van der Waals surface area contributed by atoms with Gasteiger partial charge in [0, 0.05) is 10.8 Å². The number of ketones is 1. The van der Waals surface area contributed by atoms with Crippen LogP contribution < -0.4 is 0 Å². The second kappa shape index (κ2) is 5.72. The zero-order valence-corrected chi connectivity index (χ0v) is 11.5. The monoisotopic (exact) mass is 248 g/mol. The SMILES string of the molecule is Cc1cccc(C(=O)CSC2CCCC2)c1C. The van der Waals surface area contributed by atoms with Crippen LogP contribution in [0.4, 0.5) is 0 Å². The van der Waals surface area contributed by atoms with E-state index in [4.69, 9.17) is 0 Å². The molecule has 0 radical (unpaired) electrons. The molecule has 0 N–H and O–H groups in total. The molecule has 0 aromatic heterocycles. The molecule has 92 valence electrons. The van der Waals surface area contributed by atoms with Crippen LogP contribution in [0, 0.1) is 13.8 Å². The van der Waals surface area contributed by atoms with Crippen LogP contribution >= 0.6 is 11.8 Å². The van der Waals surface area contributed by atoms with Gasteiger partial charge in [0.2, 0.25) is 0 Å². The van der Waals surface area contributed by atoms with Crippen molar-refractivity contribution in [2.75, 3.05) is 5.75 Å². The van der Waals surface area contributed by atoms with Gasteiger partial charge in [-0.05, 0) is 37.8 Å². The summed E-state index contributed by atoms with van der Waals surface area (Å²) in [4.78, 5) is 12.2. The number of hydrogen-bond donors (Lipinski definition) is 0. The van der Waals surface area contributed by atoms with Gasteiger partial charge in [0.25, 0.3) is 0 Å². The number of carbonyl (C=O) groups excluding carboxylic acids is 1. The van der Waals surface area contributed by atoms with E-state index in [1.165, 1.54) is 31.2 Å². The third-order valence-electron chi connectivity index (χ3n) is 3.66. The average molecular weight is 248 g/mol. The topological polar surface area (TPSA) is 17.1 Å². The fourth-order valence-corrected chi connectivity index (χ4v) is 3.59. The molecule has 1 aromatic carbocycles. The van der Waals surface area contributed by atoms with Crippen LogP contribution in [0.5, 0.6) is 0 Å². The van der Waals surface area contributed by atoms with Gasteiger partial charge in [-0.25, -0.2) is 0 Å². The Morgan fingerprint density at radius 2 is 2.00 bits per heavy atom. The Bertz CT molecular complexity index is 405. The van der Waals surface area contributed by atoms with Crippen LogP contribution in [0.25, 0.3) is 0 Å². The van der Waals surface area contributed by atoms with Crippen molar-refractivity contribution in [2.45, 2.75) is 44.8 Å². The van der Waals surface area contributed by atoms with E-state index in [1.54, 1.807) is 0 Å². The lowest BCUT2D eigenvalue weighted by Gasteiger charge is -2.10. The lowest BCUT2D eigenvalue weighted by Crippen LogP contribution is -2.08. The maximum Gasteiger partial charge on any atom is 0.173 e. The van der Waals surface area contributed by atoms with E-state index in [0.29, 0.717) is 11.5 Å². The van der Waals surface area contributed by atoms with Crippen LogP contribution in [0.2, 0.25) is 0 Å². The maximum absolute atomic E-state index is 12.2. The summed E-state index contributed by atoms with van der Waals surface area (Å²) in [6.07, 6.45) is 5.28. The molecular formula is C15H20OS. The molecule has 2 heteroatoms. The summed E-state index contributed by atoms with van der Waals surface area (Å²) in [7, 11) is 0. The van der Waals surface area contributed by atoms with Crippen LogP contribution in [-0.4, -0.2) is 16.8 Å². The van der Waals surface area contributed by atoms with E-state index in [1.807, 2.05) is 30.8 Å². The van der Waals surface area contributed by atoms with Gasteiger partial charge in [-0.2, -0.15) is 11.8 Å². The van der Waals surface area contributed by atoms with Gasteiger partial charge in [0.05, 0.1) is 5.75 Å². The number of rotatable bonds is 4. The van der Waals surface area contributed by atoms with Crippen molar-refractivity contribution in [2.24, 2.45) is 0 Å². The average Bonchev–Trinajstić information content (AvgIpc) is 2.82. The number of carbonyl (C=O) groups is 1. The molecule has 1 aliphatic carbocycles. The van der Waals surface area contributed by atoms with E-state index in [0.717, 1.165) is 16.4 Å². The van der Waals surface area contributed by atoms with Crippen molar-refractivity contribution < 1.29 is 4.79 Å². The molecule has 0 amide bonds. The van der Waals surface area contributed by atoms with Gasteiger partial charge in [-0.3, -0.25) is 4.79 Å². The standard InChI is InChI=1S/C15H20OS/c1-11-6-5-9-14(12(11)2)15(16)10-17-13-7-3-4-8-13/h5-6,9,13H,3-4,7-8,10H2,1-2H3. The molecule has 1 nitrogen and oxygen atoms in total. The van der Waals surface area contributed by atoms with E-state index in [-0.39, 0.29) is 0 Å². The molecular weight excluding hydrogens is 228 g/mol. The Kier molecular flexibility index (Phi) is 4.27. The first-order chi connectivity index (χ1) is 8.18. The van der Waals surface area contributed by atoms with Gasteiger partial charge in [-0.1, -0.05) is 31.0 Å². The quantitative estimate of drug-likeness (QED) is 0.744. The zero-order valence-electron chi connectivity index (χ0n) is 10.7. The van der Waals surface area contributed by atoms with Gasteiger partial charge in [-0.15, -0.1) is 0 Å². The second-order valence-electron chi connectivity index (χ2n) is 4.89. The Hall–Kier alpha value is -0.760. The molecule has 1 saturated carbocycles. The largest absolute Gasteiger partial charge is 0.293 e. The molecule has 0 unspecified atom stereocenters. The van der Waals surface area contributed by atoms with Crippen molar-refractivity contribution >= 4 is 17.5 Å². The van der Waals surface area contributed by atoms with E-state index in [2.05, 4.69) is 13.0 Å². The first-order valence-corrected chi connectivity index (χ1v) is 7.44. The fraction of sp³-hybridized carbons (Fsp3) is 0.533. The van der Waals surface area contributed by atoms with Crippen LogP contribution in [0.3, 0.4) is 0 Å². The first-order valence-electron chi connectivity index (χ1n) is 6.39. The number of thioether (sulfide) groups is 1. The van der Waals surface area contributed by atoms with Crippen molar-refractivity contribution in [1.29, 1.82) is 0 Å². The predicted molar refractivity (Wildman–Crippen MR) is 75.0 cm³/mol. The minimum Gasteiger partial charge on any atom is -0.293 e. The second-order valence-corrected chi connectivity index (χ2v) is 6.18. The molecule has 0 saturated heterocycles. The summed E-state index contributed by atoms with van der Waals surface area (Å²) in [5.74, 6) is 0.942. The first kappa shape index (κ1) is 12.7. The molecule has 1 fully saturated rings. The summed E-state index contributed by atoms with van der Waals surface area (Å²) < 4.78 is 0. The number of Topliss-reactive ketones (excluding diaryl/α,β-unsaturated/α-hetero) is 1. The molecule has 0 heterocycles. The van der Waals surface area contributed by atoms with E-state index < -0.39 is 0 Å². The number of benzene rings is 1. The summed E-state index contributed by atoms with van der Waals surface area (Å²) in [5, 5.41) is 0.726. The third kappa shape index (κ3) is 3.12. The minimum absolute atomic E-state index is 0.295. The summed E-state index contributed by atoms with van der Waals surface area (Å²) in [6.45, 7) is 4.11. The van der Waals surface area contributed by atoms with Gasteiger partial charge >= 0.3 is 0 Å². The molecule has 1 aromatic rings. The van der Waals surface area contributed by atoms with E-state index in [9.17, 15) is 4.79 Å². The van der Waals surface area contributed by atoms with Crippen molar-refractivity contribution in [3.63, 3.8) is 0 Å². The van der Waals surface area contributed by atoms with Gasteiger partial charge in [0.1, 0.15) is 0 Å². The highest BCUT2D eigenvalue weighted by Gasteiger charge is 2.18. The molecule has 0 aliphatic heterocycles. The van der Waals surface area contributed by atoms with Crippen LogP contribution in [0.15, 0.2) is 18.2 Å². The Morgan fingerprint density at radius 3 is 2.71 bits per heavy atom. The molecule has 0 spiro atoms. The van der Waals surface area contributed by atoms with Gasteiger partial charge in [0.15, 0.2) is 5.78 Å². The normalized spacial score (nSPS) is 16.4. The Morgan fingerprint density at radius 1 is 1.29 bits per heavy atom. The van der Waals surface area contributed by atoms with Crippen LogP contribution in [-0.2, 0) is 0 Å². The lowest BCUT2D eigenvalue weighted by atomic mass is 10.0. The Balaban J connectivity index is 1.97. The molecule has 0 bridgehead atoms. The van der Waals surface area contributed by atoms with Crippen molar-refractivity contribution in [1.82, 2.24) is 0 Å². The molecule has 1 aliphatic rings. The highest BCUT2D eigenvalue weighted by Crippen LogP contribution is 2.30.